The molecule has 1 aliphatic heterocycles. The number of carbonyl (C=O) groups is 2. The first-order chi connectivity index (χ1) is 11.0. The molecule has 0 aromatic heterocycles. The molecule has 0 aliphatic carbocycles. The van der Waals surface area contributed by atoms with Gasteiger partial charge in [0.1, 0.15) is 5.82 Å². The van der Waals surface area contributed by atoms with Gasteiger partial charge >= 0.3 is 0 Å². The zero-order chi connectivity index (χ0) is 16.4. The Bertz CT molecular complexity index is 789. The van der Waals surface area contributed by atoms with Gasteiger partial charge in [-0.3, -0.25) is 9.59 Å². The van der Waals surface area contributed by atoms with Gasteiger partial charge in [-0.25, -0.2) is 4.39 Å². The van der Waals surface area contributed by atoms with E-state index in [-0.39, 0.29) is 42.0 Å². The van der Waals surface area contributed by atoms with Crippen LogP contribution in [0.25, 0.3) is 0 Å². The maximum atomic E-state index is 13.7. The molecule has 5 nitrogen and oxygen atoms in total. The van der Waals surface area contributed by atoms with Gasteiger partial charge in [-0.05, 0) is 18.1 Å². The van der Waals surface area contributed by atoms with Gasteiger partial charge in [0.25, 0.3) is 5.91 Å². The second kappa shape index (κ2) is 6.08. The lowest BCUT2D eigenvalue weighted by Crippen LogP contribution is -2.26. The van der Waals surface area contributed by atoms with Crippen LogP contribution >= 0.6 is 0 Å². The summed E-state index contributed by atoms with van der Waals surface area (Å²) in [6.07, 6.45) is 0.171. The van der Waals surface area contributed by atoms with Crippen LogP contribution in [0, 0.1) is 12.7 Å². The molecule has 0 spiro atoms. The molecular formula is C17H15FN2O3. The molecular weight excluding hydrogens is 299 g/mol. The quantitative estimate of drug-likeness (QED) is 0.915. The summed E-state index contributed by atoms with van der Waals surface area (Å²) in [7, 11) is 0. The highest BCUT2D eigenvalue weighted by Crippen LogP contribution is 2.36. The predicted octanol–water partition coefficient (Wildman–Crippen LogP) is 2.65. The fourth-order valence-electron chi connectivity index (χ4n) is 2.43. The van der Waals surface area contributed by atoms with E-state index >= 15 is 0 Å². The summed E-state index contributed by atoms with van der Waals surface area (Å²) in [5, 5.41) is 5.16. The summed E-state index contributed by atoms with van der Waals surface area (Å²) in [4.78, 5) is 23.5. The molecule has 2 aromatic rings. The molecule has 118 valence electrons. The van der Waals surface area contributed by atoms with E-state index in [9.17, 15) is 14.0 Å². The van der Waals surface area contributed by atoms with Crippen molar-refractivity contribution in [1.82, 2.24) is 0 Å². The zero-order valence-corrected chi connectivity index (χ0v) is 12.5. The van der Waals surface area contributed by atoms with Crippen LogP contribution in [-0.4, -0.2) is 18.4 Å². The van der Waals surface area contributed by atoms with Crippen LogP contribution in [0.15, 0.2) is 36.4 Å². The van der Waals surface area contributed by atoms with Crippen LogP contribution in [-0.2, 0) is 16.0 Å². The van der Waals surface area contributed by atoms with Gasteiger partial charge < -0.3 is 15.4 Å². The molecule has 0 bridgehead atoms. The number of aryl methyl sites for hydroxylation is 1. The van der Waals surface area contributed by atoms with Crippen molar-refractivity contribution in [3.63, 3.8) is 0 Å². The van der Waals surface area contributed by atoms with Crippen molar-refractivity contribution >= 4 is 23.2 Å². The molecule has 0 radical (unpaired) electrons. The van der Waals surface area contributed by atoms with E-state index in [1.165, 1.54) is 6.07 Å². The van der Waals surface area contributed by atoms with Gasteiger partial charge in [0.05, 0.1) is 17.8 Å². The number of nitrogens with one attached hydrogen (secondary N) is 2. The zero-order valence-electron chi connectivity index (χ0n) is 12.5. The molecule has 3 rings (SSSR count). The van der Waals surface area contributed by atoms with Crippen molar-refractivity contribution < 1.29 is 18.7 Å². The number of anilines is 2. The van der Waals surface area contributed by atoms with Crippen LogP contribution in [0.4, 0.5) is 15.8 Å². The van der Waals surface area contributed by atoms with Gasteiger partial charge in [-0.1, -0.05) is 24.3 Å². The summed E-state index contributed by atoms with van der Waals surface area (Å²) >= 11 is 0. The fraction of sp³-hybridized carbons (Fsp3) is 0.176. The van der Waals surface area contributed by atoms with Crippen molar-refractivity contribution in [1.29, 1.82) is 0 Å². The highest BCUT2D eigenvalue weighted by molar-refractivity contribution is 6.00. The lowest BCUT2D eigenvalue weighted by Gasteiger charge is -2.21. The third kappa shape index (κ3) is 3.31. The van der Waals surface area contributed by atoms with E-state index in [1.54, 1.807) is 0 Å². The minimum absolute atomic E-state index is 0.167. The number of rotatable bonds is 3. The predicted molar refractivity (Wildman–Crippen MR) is 84.0 cm³/mol. The number of benzene rings is 2. The number of halogens is 1. The normalized spacial score (nSPS) is 12.9. The molecule has 1 heterocycles. The topological polar surface area (TPSA) is 67.4 Å². The average Bonchev–Trinajstić information content (AvgIpc) is 2.49. The SMILES string of the molecule is Cc1ccccc1CC(=O)Nc1cc(F)cc2c1OCC(=O)N2. The summed E-state index contributed by atoms with van der Waals surface area (Å²) in [5.74, 6) is -0.947. The number of carbonyl (C=O) groups excluding carboxylic acids is 2. The Hall–Kier alpha value is -2.89. The number of hydrogen-bond acceptors (Lipinski definition) is 3. The van der Waals surface area contributed by atoms with E-state index in [0.717, 1.165) is 17.2 Å². The summed E-state index contributed by atoms with van der Waals surface area (Å²) in [6, 6.07) is 9.88. The molecule has 0 unspecified atom stereocenters. The third-order valence-corrected chi connectivity index (χ3v) is 3.56. The van der Waals surface area contributed by atoms with E-state index in [4.69, 9.17) is 4.74 Å². The van der Waals surface area contributed by atoms with Gasteiger partial charge in [0.15, 0.2) is 12.4 Å². The molecule has 2 amide bonds. The number of amides is 2. The summed E-state index contributed by atoms with van der Waals surface area (Å²) in [6.45, 7) is 1.75. The highest BCUT2D eigenvalue weighted by Gasteiger charge is 2.21. The van der Waals surface area contributed by atoms with Crippen molar-refractivity contribution in [2.24, 2.45) is 0 Å². The Morgan fingerprint density at radius 1 is 1.35 bits per heavy atom. The maximum absolute atomic E-state index is 13.7. The van der Waals surface area contributed by atoms with E-state index in [2.05, 4.69) is 10.6 Å². The van der Waals surface area contributed by atoms with E-state index in [1.807, 2.05) is 31.2 Å². The second-order valence-electron chi connectivity index (χ2n) is 5.32. The van der Waals surface area contributed by atoms with Crippen molar-refractivity contribution in [2.45, 2.75) is 13.3 Å². The molecule has 2 aromatic carbocycles. The first-order valence-corrected chi connectivity index (χ1v) is 7.13. The Balaban J connectivity index is 1.81. The van der Waals surface area contributed by atoms with Crippen LogP contribution < -0.4 is 15.4 Å². The Kier molecular flexibility index (Phi) is 3.97. The van der Waals surface area contributed by atoms with Crippen LogP contribution in [0.2, 0.25) is 0 Å². The molecule has 2 N–H and O–H groups in total. The van der Waals surface area contributed by atoms with Crippen molar-refractivity contribution in [3.8, 4) is 5.75 Å². The number of hydrogen-bond donors (Lipinski definition) is 2. The standard InChI is InChI=1S/C17H15FN2O3/c1-10-4-2-3-5-11(10)6-15(21)19-13-7-12(18)8-14-17(13)23-9-16(22)20-14/h2-5,7-8H,6,9H2,1H3,(H,19,21)(H,20,22). The molecule has 0 saturated carbocycles. The molecule has 0 fully saturated rings. The van der Waals surface area contributed by atoms with Crippen molar-refractivity contribution in [3.05, 3.63) is 53.3 Å². The maximum Gasteiger partial charge on any atom is 0.262 e. The first-order valence-electron chi connectivity index (χ1n) is 7.13. The minimum Gasteiger partial charge on any atom is -0.479 e. The Morgan fingerprint density at radius 2 is 2.13 bits per heavy atom. The largest absolute Gasteiger partial charge is 0.479 e. The Labute approximate surface area is 132 Å². The lowest BCUT2D eigenvalue weighted by molar-refractivity contribution is -0.118. The summed E-state index contributed by atoms with van der Waals surface area (Å²) < 4.78 is 19.0. The van der Waals surface area contributed by atoms with E-state index < -0.39 is 5.82 Å². The molecule has 1 aliphatic rings. The number of ether oxygens (including phenoxy) is 1. The number of fused-ring (bicyclic) bond motifs is 1. The highest BCUT2D eigenvalue weighted by atomic mass is 19.1. The van der Waals surface area contributed by atoms with Crippen LogP contribution in [0.5, 0.6) is 5.75 Å². The molecule has 0 saturated heterocycles. The van der Waals surface area contributed by atoms with Gasteiger partial charge in [-0.2, -0.15) is 0 Å². The van der Waals surface area contributed by atoms with Crippen molar-refractivity contribution in [2.75, 3.05) is 17.2 Å². The molecule has 0 atom stereocenters. The minimum atomic E-state index is -0.569. The smallest absolute Gasteiger partial charge is 0.262 e. The van der Waals surface area contributed by atoms with Crippen LogP contribution in [0.3, 0.4) is 0 Å². The second-order valence-corrected chi connectivity index (χ2v) is 5.32. The average molecular weight is 314 g/mol. The first kappa shape index (κ1) is 15.0. The van der Waals surface area contributed by atoms with Gasteiger partial charge in [0, 0.05) is 12.1 Å². The molecule has 6 heteroatoms. The summed E-state index contributed by atoms with van der Waals surface area (Å²) in [5.41, 5.74) is 2.32. The van der Waals surface area contributed by atoms with Gasteiger partial charge in [0.2, 0.25) is 5.91 Å². The van der Waals surface area contributed by atoms with Crippen LogP contribution in [0.1, 0.15) is 11.1 Å². The third-order valence-electron chi connectivity index (χ3n) is 3.56. The van der Waals surface area contributed by atoms with E-state index in [0.29, 0.717) is 0 Å². The van der Waals surface area contributed by atoms with Gasteiger partial charge in [-0.15, -0.1) is 0 Å². The fourth-order valence-corrected chi connectivity index (χ4v) is 2.43. The molecule has 23 heavy (non-hydrogen) atoms. The Morgan fingerprint density at radius 3 is 2.91 bits per heavy atom. The lowest BCUT2D eigenvalue weighted by atomic mass is 10.1. The monoisotopic (exact) mass is 314 g/mol.